The zero-order valence-corrected chi connectivity index (χ0v) is 12.6. The number of amides is 3. The first-order valence-corrected chi connectivity index (χ1v) is 7.80. The molecule has 3 amide bonds. The Bertz CT molecular complexity index is 788. The summed E-state index contributed by atoms with van der Waals surface area (Å²) in [5, 5.41) is 1.11. The van der Waals surface area contributed by atoms with Gasteiger partial charge < -0.3 is 9.47 Å². The van der Waals surface area contributed by atoms with Crippen molar-refractivity contribution in [1.29, 1.82) is 0 Å². The Morgan fingerprint density at radius 3 is 2.48 bits per heavy atom. The Morgan fingerprint density at radius 1 is 1.04 bits per heavy atom. The van der Waals surface area contributed by atoms with Crippen LogP contribution >= 0.6 is 0 Å². The highest BCUT2D eigenvalue weighted by atomic mass is 16.2. The predicted octanol–water partition coefficient (Wildman–Crippen LogP) is 1.00. The number of carbonyl (C=O) groups excluding carboxylic acids is 3. The summed E-state index contributed by atoms with van der Waals surface area (Å²) in [6, 6.07) is 9.78. The largest absolute Gasteiger partial charge is 0.338 e. The summed E-state index contributed by atoms with van der Waals surface area (Å²) in [5.41, 5.74) is 1.03. The van der Waals surface area contributed by atoms with Crippen LogP contribution in [-0.2, 0) is 20.9 Å². The molecule has 0 spiro atoms. The Balaban J connectivity index is 1.40. The number of para-hydroxylation sites is 1. The van der Waals surface area contributed by atoms with Gasteiger partial charge in [0.1, 0.15) is 6.54 Å². The van der Waals surface area contributed by atoms with Gasteiger partial charge in [-0.2, -0.15) is 0 Å². The second-order valence-corrected chi connectivity index (χ2v) is 6.11. The Morgan fingerprint density at radius 2 is 1.74 bits per heavy atom. The molecule has 0 unspecified atom stereocenters. The van der Waals surface area contributed by atoms with Crippen LogP contribution in [0.25, 0.3) is 10.9 Å². The minimum atomic E-state index is -0.136. The first-order chi connectivity index (χ1) is 11.1. The predicted molar refractivity (Wildman–Crippen MR) is 83.4 cm³/mol. The summed E-state index contributed by atoms with van der Waals surface area (Å²) >= 11 is 0. The van der Waals surface area contributed by atoms with E-state index in [0.29, 0.717) is 25.9 Å². The van der Waals surface area contributed by atoms with Crippen molar-refractivity contribution in [3.8, 4) is 0 Å². The van der Waals surface area contributed by atoms with Crippen molar-refractivity contribution in [3.05, 3.63) is 36.5 Å². The topological polar surface area (TPSA) is 62.6 Å². The molecule has 0 aliphatic carbocycles. The monoisotopic (exact) mass is 311 g/mol. The standard InChI is InChI=1S/C17H17N3O3/c21-15-5-6-16(22)20(15)13-9-19(10-13)17(23)11-18-8-7-12-3-1-2-4-14(12)18/h1-4,7-8,13H,5-6,9-11H2. The molecule has 0 radical (unpaired) electrons. The number of likely N-dealkylation sites (tertiary alicyclic amines) is 2. The molecule has 1 aromatic carbocycles. The zero-order chi connectivity index (χ0) is 16.0. The van der Waals surface area contributed by atoms with E-state index < -0.39 is 0 Å². The molecule has 0 saturated carbocycles. The number of aromatic nitrogens is 1. The number of carbonyl (C=O) groups is 3. The average Bonchev–Trinajstić information content (AvgIpc) is 3.04. The van der Waals surface area contributed by atoms with Crippen LogP contribution in [0.2, 0.25) is 0 Å². The van der Waals surface area contributed by atoms with Crippen LogP contribution in [0.5, 0.6) is 0 Å². The molecule has 2 fully saturated rings. The van der Waals surface area contributed by atoms with E-state index in [0.717, 1.165) is 10.9 Å². The van der Waals surface area contributed by atoms with Gasteiger partial charge in [-0.25, -0.2) is 0 Å². The van der Waals surface area contributed by atoms with Gasteiger partial charge >= 0.3 is 0 Å². The highest BCUT2D eigenvalue weighted by molar-refractivity contribution is 6.02. The molecule has 4 rings (SSSR count). The SMILES string of the molecule is O=C(Cn1ccc2ccccc21)N1CC(N2C(=O)CCC2=O)C1. The van der Waals surface area contributed by atoms with E-state index in [1.165, 1.54) is 4.90 Å². The van der Waals surface area contributed by atoms with Gasteiger partial charge in [0.25, 0.3) is 0 Å². The quantitative estimate of drug-likeness (QED) is 0.795. The van der Waals surface area contributed by atoms with E-state index in [9.17, 15) is 14.4 Å². The third-order valence-electron chi connectivity index (χ3n) is 4.66. The third kappa shape index (κ3) is 2.30. The summed E-state index contributed by atoms with van der Waals surface area (Å²) < 4.78 is 1.93. The van der Waals surface area contributed by atoms with E-state index in [2.05, 4.69) is 0 Å². The number of imide groups is 1. The minimum absolute atomic E-state index is 0.0155. The van der Waals surface area contributed by atoms with Gasteiger partial charge in [-0.15, -0.1) is 0 Å². The summed E-state index contributed by atoms with van der Waals surface area (Å²) in [5.74, 6) is -0.200. The molecule has 0 N–H and O–H groups in total. The van der Waals surface area contributed by atoms with E-state index in [1.807, 2.05) is 41.1 Å². The second kappa shape index (κ2) is 5.22. The lowest BCUT2D eigenvalue weighted by Gasteiger charge is -2.43. The maximum atomic E-state index is 12.4. The lowest BCUT2D eigenvalue weighted by Crippen LogP contribution is -2.62. The van der Waals surface area contributed by atoms with Crippen LogP contribution in [-0.4, -0.2) is 51.2 Å². The van der Waals surface area contributed by atoms with Crippen molar-refractivity contribution in [2.24, 2.45) is 0 Å². The van der Waals surface area contributed by atoms with Crippen LogP contribution < -0.4 is 0 Å². The molecule has 0 bridgehead atoms. The van der Waals surface area contributed by atoms with Gasteiger partial charge in [-0.1, -0.05) is 18.2 Å². The van der Waals surface area contributed by atoms with Gasteiger partial charge in [0, 0.05) is 37.6 Å². The molecule has 1 aromatic heterocycles. The fourth-order valence-electron chi connectivity index (χ4n) is 3.35. The lowest BCUT2D eigenvalue weighted by atomic mass is 10.1. The molecule has 2 saturated heterocycles. The third-order valence-corrected chi connectivity index (χ3v) is 4.66. The van der Waals surface area contributed by atoms with Crippen LogP contribution in [0.1, 0.15) is 12.8 Å². The molecule has 118 valence electrons. The van der Waals surface area contributed by atoms with Gasteiger partial charge in [-0.3, -0.25) is 19.3 Å². The van der Waals surface area contributed by atoms with E-state index in [4.69, 9.17) is 0 Å². The Kier molecular flexibility index (Phi) is 3.18. The Hall–Kier alpha value is -2.63. The van der Waals surface area contributed by atoms with Crippen LogP contribution in [0.15, 0.2) is 36.5 Å². The molecular formula is C17H17N3O3. The summed E-state index contributed by atoms with van der Waals surface area (Å²) in [6.07, 6.45) is 2.52. The zero-order valence-electron chi connectivity index (χ0n) is 12.6. The van der Waals surface area contributed by atoms with Crippen molar-refractivity contribution in [1.82, 2.24) is 14.4 Å². The lowest BCUT2D eigenvalue weighted by molar-refractivity contribution is -0.151. The van der Waals surface area contributed by atoms with Crippen molar-refractivity contribution in [3.63, 3.8) is 0 Å². The highest BCUT2D eigenvalue weighted by Gasteiger charge is 2.42. The Labute approximate surface area is 133 Å². The molecule has 0 atom stereocenters. The molecule has 2 aliphatic rings. The van der Waals surface area contributed by atoms with E-state index in [-0.39, 0.29) is 30.3 Å². The van der Waals surface area contributed by atoms with Crippen LogP contribution in [0, 0.1) is 0 Å². The van der Waals surface area contributed by atoms with E-state index in [1.54, 1.807) is 4.90 Å². The maximum absolute atomic E-state index is 12.4. The molecule has 2 aliphatic heterocycles. The van der Waals surface area contributed by atoms with Gasteiger partial charge in [-0.05, 0) is 17.5 Å². The van der Waals surface area contributed by atoms with Crippen molar-refractivity contribution in [2.45, 2.75) is 25.4 Å². The average molecular weight is 311 g/mol. The summed E-state index contributed by atoms with van der Waals surface area (Å²) in [7, 11) is 0. The fourth-order valence-corrected chi connectivity index (χ4v) is 3.35. The number of hydrogen-bond donors (Lipinski definition) is 0. The first-order valence-electron chi connectivity index (χ1n) is 7.80. The minimum Gasteiger partial charge on any atom is -0.338 e. The van der Waals surface area contributed by atoms with Crippen molar-refractivity contribution < 1.29 is 14.4 Å². The summed E-state index contributed by atoms with van der Waals surface area (Å²) in [6.45, 7) is 1.19. The highest BCUT2D eigenvalue weighted by Crippen LogP contribution is 2.23. The number of benzene rings is 1. The van der Waals surface area contributed by atoms with Crippen molar-refractivity contribution in [2.75, 3.05) is 13.1 Å². The number of fused-ring (bicyclic) bond motifs is 1. The normalized spacial score (nSPS) is 18.8. The van der Waals surface area contributed by atoms with Crippen LogP contribution in [0.3, 0.4) is 0 Å². The molecule has 23 heavy (non-hydrogen) atoms. The summed E-state index contributed by atoms with van der Waals surface area (Å²) in [4.78, 5) is 38.8. The molecule has 6 heteroatoms. The molecule has 6 nitrogen and oxygen atoms in total. The van der Waals surface area contributed by atoms with Gasteiger partial charge in [0.2, 0.25) is 17.7 Å². The van der Waals surface area contributed by atoms with Crippen LogP contribution in [0.4, 0.5) is 0 Å². The van der Waals surface area contributed by atoms with E-state index >= 15 is 0 Å². The smallest absolute Gasteiger partial charge is 0.242 e. The fraction of sp³-hybridized carbons (Fsp3) is 0.353. The molecular weight excluding hydrogens is 294 g/mol. The van der Waals surface area contributed by atoms with Crippen molar-refractivity contribution >= 4 is 28.6 Å². The first kappa shape index (κ1) is 14.0. The number of hydrogen-bond acceptors (Lipinski definition) is 3. The molecule has 3 heterocycles. The van der Waals surface area contributed by atoms with Gasteiger partial charge in [0.15, 0.2) is 0 Å². The number of rotatable bonds is 3. The second-order valence-electron chi connectivity index (χ2n) is 6.11. The van der Waals surface area contributed by atoms with Gasteiger partial charge in [0.05, 0.1) is 6.04 Å². The maximum Gasteiger partial charge on any atom is 0.242 e. The number of nitrogens with zero attached hydrogens (tertiary/aromatic N) is 3. The molecule has 2 aromatic rings.